The van der Waals surface area contributed by atoms with Gasteiger partial charge < -0.3 is 15.0 Å². The third-order valence-corrected chi connectivity index (χ3v) is 4.21. The summed E-state index contributed by atoms with van der Waals surface area (Å²) in [6.07, 6.45) is 6.10. The molecule has 0 aliphatic carbocycles. The van der Waals surface area contributed by atoms with Crippen molar-refractivity contribution in [3.05, 3.63) is 29.8 Å². The Labute approximate surface area is 133 Å². The molecular weight excluding hydrogens is 276 g/mol. The maximum Gasteiger partial charge on any atom is 0.222 e. The summed E-state index contributed by atoms with van der Waals surface area (Å²) in [5.41, 5.74) is 1.34. The average molecular weight is 304 g/mol. The molecule has 1 aliphatic rings. The molecule has 1 saturated heterocycles. The van der Waals surface area contributed by atoms with Crippen molar-refractivity contribution in [2.45, 2.75) is 38.5 Å². The van der Waals surface area contributed by atoms with E-state index < -0.39 is 0 Å². The largest absolute Gasteiger partial charge is 0.497 e. The number of aryl methyl sites for hydroxylation is 1. The van der Waals surface area contributed by atoms with Gasteiger partial charge in [-0.2, -0.15) is 0 Å². The minimum Gasteiger partial charge on any atom is -0.497 e. The zero-order valence-electron chi connectivity index (χ0n) is 13.6. The summed E-state index contributed by atoms with van der Waals surface area (Å²) in [5.74, 6) is 1.23. The van der Waals surface area contributed by atoms with Crippen molar-refractivity contribution >= 4 is 5.91 Å². The van der Waals surface area contributed by atoms with E-state index in [9.17, 15) is 4.79 Å². The highest BCUT2D eigenvalue weighted by atomic mass is 16.5. The number of ether oxygens (including phenoxy) is 1. The highest BCUT2D eigenvalue weighted by Gasteiger charge is 2.14. The summed E-state index contributed by atoms with van der Waals surface area (Å²) in [7, 11) is 1.69. The lowest BCUT2D eigenvalue weighted by molar-refractivity contribution is -0.131. The van der Waals surface area contributed by atoms with Crippen LogP contribution in [0.2, 0.25) is 0 Å². The summed E-state index contributed by atoms with van der Waals surface area (Å²) < 4.78 is 5.16. The molecule has 1 heterocycles. The number of nitrogens with one attached hydrogen (secondary N) is 1. The van der Waals surface area contributed by atoms with E-state index in [1.54, 1.807) is 7.11 Å². The van der Waals surface area contributed by atoms with E-state index in [1.807, 2.05) is 17.0 Å². The van der Waals surface area contributed by atoms with E-state index >= 15 is 0 Å². The smallest absolute Gasteiger partial charge is 0.222 e. The molecule has 0 spiro atoms. The van der Waals surface area contributed by atoms with Crippen LogP contribution in [0.15, 0.2) is 24.3 Å². The van der Waals surface area contributed by atoms with Gasteiger partial charge in [0.1, 0.15) is 5.75 Å². The Bertz CT molecular complexity index is 437. The quantitative estimate of drug-likeness (QED) is 0.787. The van der Waals surface area contributed by atoms with Crippen molar-refractivity contribution in [3.8, 4) is 5.75 Å². The Morgan fingerprint density at radius 1 is 1.14 bits per heavy atom. The number of carbonyl (C=O) groups excluding carboxylic acids is 1. The van der Waals surface area contributed by atoms with Gasteiger partial charge >= 0.3 is 0 Å². The molecule has 1 amide bonds. The van der Waals surface area contributed by atoms with Crippen molar-refractivity contribution in [2.75, 3.05) is 33.3 Å². The van der Waals surface area contributed by atoms with Crippen LogP contribution in [0.4, 0.5) is 0 Å². The standard InChI is InChI=1S/C18H28N2O2/c1-22-17-10-8-16(9-11-17)6-3-2-4-7-18(21)20-14-5-12-19-13-15-20/h8-11,19H,2-7,12-15H2,1H3. The summed E-state index contributed by atoms with van der Waals surface area (Å²) in [6.45, 7) is 3.75. The van der Waals surface area contributed by atoms with Gasteiger partial charge in [0.2, 0.25) is 5.91 Å². The normalized spacial score (nSPS) is 15.4. The summed E-state index contributed by atoms with van der Waals surface area (Å²) in [4.78, 5) is 14.2. The van der Waals surface area contributed by atoms with Gasteiger partial charge in [0.25, 0.3) is 0 Å². The number of rotatable bonds is 7. The lowest BCUT2D eigenvalue weighted by Crippen LogP contribution is -2.33. The average Bonchev–Trinajstić information content (AvgIpc) is 2.84. The van der Waals surface area contributed by atoms with Gasteiger partial charge in [-0.1, -0.05) is 18.6 Å². The molecular formula is C18H28N2O2. The minimum absolute atomic E-state index is 0.327. The molecule has 4 nitrogen and oxygen atoms in total. The monoisotopic (exact) mass is 304 g/mol. The van der Waals surface area contributed by atoms with Crippen molar-refractivity contribution in [3.63, 3.8) is 0 Å². The number of benzene rings is 1. The van der Waals surface area contributed by atoms with Gasteiger partial charge in [-0.3, -0.25) is 4.79 Å². The molecule has 4 heteroatoms. The summed E-state index contributed by atoms with van der Waals surface area (Å²) in [5, 5.41) is 3.33. The van der Waals surface area contributed by atoms with E-state index in [0.29, 0.717) is 12.3 Å². The Morgan fingerprint density at radius 3 is 2.73 bits per heavy atom. The molecule has 1 aromatic rings. The van der Waals surface area contributed by atoms with Gasteiger partial charge in [0, 0.05) is 26.1 Å². The third-order valence-electron chi connectivity index (χ3n) is 4.21. The molecule has 22 heavy (non-hydrogen) atoms. The lowest BCUT2D eigenvalue weighted by Gasteiger charge is -2.19. The molecule has 1 aromatic carbocycles. The molecule has 2 rings (SSSR count). The molecule has 0 bridgehead atoms. The summed E-state index contributed by atoms with van der Waals surface area (Å²) in [6, 6.07) is 8.25. The van der Waals surface area contributed by atoms with Crippen LogP contribution >= 0.6 is 0 Å². The highest BCUT2D eigenvalue weighted by Crippen LogP contribution is 2.14. The Hall–Kier alpha value is -1.55. The van der Waals surface area contributed by atoms with Crippen LogP contribution in [0, 0.1) is 0 Å². The molecule has 122 valence electrons. The summed E-state index contributed by atoms with van der Waals surface area (Å²) >= 11 is 0. The predicted octanol–water partition coefficient (Wildman–Crippen LogP) is 2.62. The topological polar surface area (TPSA) is 41.6 Å². The van der Waals surface area contributed by atoms with Crippen LogP contribution in [0.3, 0.4) is 0 Å². The molecule has 1 fully saturated rings. The molecule has 0 atom stereocenters. The number of amides is 1. The first-order valence-electron chi connectivity index (χ1n) is 8.41. The predicted molar refractivity (Wildman–Crippen MR) is 89.2 cm³/mol. The van der Waals surface area contributed by atoms with Gasteiger partial charge in [0.15, 0.2) is 0 Å². The molecule has 0 saturated carbocycles. The Balaban J connectivity index is 1.59. The van der Waals surface area contributed by atoms with Crippen molar-refractivity contribution < 1.29 is 9.53 Å². The Morgan fingerprint density at radius 2 is 1.95 bits per heavy atom. The molecule has 0 aromatic heterocycles. The van der Waals surface area contributed by atoms with Gasteiger partial charge in [-0.25, -0.2) is 0 Å². The molecule has 1 aliphatic heterocycles. The van der Waals surface area contributed by atoms with E-state index in [1.165, 1.54) is 5.56 Å². The van der Waals surface area contributed by atoms with Crippen LogP contribution in [-0.2, 0) is 11.2 Å². The zero-order valence-corrected chi connectivity index (χ0v) is 13.6. The lowest BCUT2D eigenvalue weighted by atomic mass is 10.1. The SMILES string of the molecule is COc1ccc(CCCCCC(=O)N2CCCNCC2)cc1. The minimum atomic E-state index is 0.327. The second kappa shape index (κ2) is 9.46. The fourth-order valence-corrected chi connectivity index (χ4v) is 2.83. The molecule has 1 N–H and O–H groups in total. The van der Waals surface area contributed by atoms with Crippen LogP contribution in [0.1, 0.15) is 37.7 Å². The van der Waals surface area contributed by atoms with E-state index in [2.05, 4.69) is 17.4 Å². The first kappa shape index (κ1) is 16.8. The van der Waals surface area contributed by atoms with Crippen molar-refractivity contribution in [1.29, 1.82) is 0 Å². The molecule has 0 unspecified atom stereocenters. The fraction of sp³-hybridized carbons (Fsp3) is 0.611. The maximum absolute atomic E-state index is 12.1. The number of hydrogen-bond donors (Lipinski definition) is 1. The second-order valence-corrected chi connectivity index (χ2v) is 5.89. The highest BCUT2D eigenvalue weighted by molar-refractivity contribution is 5.76. The van der Waals surface area contributed by atoms with Crippen LogP contribution < -0.4 is 10.1 Å². The fourth-order valence-electron chi connectivity index (χ4n) is 2.83. The first-order chi connectivity index (χ1) is 10.8. The third kappa shape index (κ3) is 5.68. The van der Waals surface area contributed by atoms with Crippen LogP contribution in [-0.4, -0.2) is 44.1 Å². The molecule has 0 radical (unpaired) electrons. The zero-order chi connectivity index (χ0) is 15.6. The second-order valence-electron chi connectivity index (χ2n) is 5.89. The number of hydrogen-bond acceptors (Lipinski definition) is 3. The maximum atomic E-state index is 12.1. The van der Waals surface area contributed by atoms with E-state index in [-0.39, 0.29) is 0 Å². The van der Waals surface area contributed by atoms with Gasteiger partial charge in [-0.15, -0.1) is 0 Å². The van der Waals surface area contributed by atoms with Crippen molar-refractivity contribution in [1.82, 2.24) is 10.2 Å². The number of nitrogens with zero attached hydrogens (tertiary/aromatic N) is 1. The number of methoxy groups -OCH3 is 1. The first-order valence-corrected chi connectivity index (χ1v) is 8.41. The number of unbranched alkanes of at least 4 members (excludes halogenated alkanes) is 2. The van der Waals surface area contributed by atoms with E-state index in [0.717, 1.165) is 64.0 Å². The van der Waals surface area contributed by atoms with E-state index in [4.69, 9.17) is 4.74 Å². The van der Waals surface area contributed by atoms with Gasteiger partial charge in [0.05, 0.1) is 7.11 Å². The van der Waals surface area contributed by atoms with Gasteiger partial charge in [-0.05, 0) is 49.9 Å². The van der Waals surface area contributed by atoms with Crippen LogP contribution in [0.25, 0.3) is 0 Å². The van der Waals surface area contributed by atoms with Crippen LogP contribution in [0.5, 0.6) is 5.75 Å². The van der Waals surface area contributed by atoms with Crippen molar-refractivity contribution in [2.24, 2.45) is 0 Å². The number of carbonyl (C=O) groups is 1. The Kier molecular flexibility index (Phi) is 7.23.